The molecule has 1 N–H and O–H groups in total. The van der Waals surface area contributed by atoms with Crippen LogP contribution < -0.4 is 15.1 Å². The lowest BCUT2D eigenvalue weighted by molar-refractivity contribution is 0.601. The molecule has 3 aromatic rings. The Kier molecular flexibility index (Phi) is 5.98. The number of piperazine rings is 1. The quantitative estimate of drug-likeness (QED) is 0.570. The van der Waals surface area contributed by atoms with E-state index in [1.165, 1.54) is 18.4 Å². The first kappa shape index (κ1) is 22.7. The third-order valence-corrected chi connectivity index (χ3v) is 8.54. The summed E-state index contributed by atoms with van der Waals surface area (Å²) in [7, 11) is -4.42. The Labute approximate surface area is 200 Å². The minimum absolute atomic E-state index is 0.303. The van der Waals surface area contributed by atoms with Gasteiger partial charge in [0, 0.05) is 56.0 Å². The van der Waals surface area contributed by atoms with Crippen LogP contribution >= 0.6 is 0 Å². The van der Waals surface area contributed by atoms with Gasteiger partial charge in [0.05, 0.1) is 21.4 Å². The number of sulfone groups is 1. The van der Waals surface area contributed by atoms with E-state index in [9.17, 15) is 17.0 Å². The van der Waals surface area contributed by atoms with E-state index in [-0.39, 0.29) is 5.82 Å². The number of aromatic nitrogens is 2. The number of anilines is 4. The Morgan fingerprint density at radius 3 is 2.38 bits per heavy atom. The van der Waals surface area contributed by atoms with Gasteiger partial charge in [-0.25, -0.2) is 17.8 Å². The van der Waals surface area contributed by atoms with Gasteiger partial charge in [0.1, 0.15) is 10.7 Å². The first-order valence-electron chi connectivity index (χ1n) is 10.9. The van der Waals surface area contributed by atoms with Crippen molar-refractivity contribution in [1.82, 2.24) is 9.97 Å². The highest BCUT2D eigenvalue weighted by Gasteiger charge is 2.28. The van der Waals surface area contributed by atoms with Gasteiger partial charge in [-0.1, -0.05) is 6.07 Å². The first-order chi connectivity index (χ1) is 16.3. The van der Waals surface area contributed by atoms with E-state index in [0.29, 0.717) is 52.5 Å². The highest BCUT2D eigenvalue weighted by Crippen LogP contribution is 2.32. The number of nitrogens with one attached hydrogen (secondary N) is 1. The molecule has 0 saturated carbocycles. The van der Waals surface area contributed by atoms with Gasteiger partial charge in [-0.2, -0.15) is 4.98 Å². The molecule has 1 atom stereocenters. The minimum Gasteiger partial charge on any atom is -0.368 e. The van der Waals surface area contributed by atoms with Gasteiger partial charge in [-0.15, -0.1) is 0 Å². The fraction of sp³-hybridized carbons (Fsp3) is 0.304. The summed E-state index contributed by atoms with van der Waals surface area (Å²) in [5.41, 5.74) is 2.27. The van der Waals surface area contributed by atoms with Crippen LogP contribution in [0.2, 0.25) is 0 Å². The van der Waals surface area contributed by atoms with Crippen molar-refractivity contribution in [2.75, 3.05) is 53.3 Å². The summed E-state index contributed by atoms with van der Waals surface area (Å²) >= 11 is 0. The van der Waals surface area contributed by atoms with Crippen LogP contribution in [0.4, 0.5) is 27.5 Å². The summed E-state index contributed by atoms with van der Waals surface area (Å²) in [4.78, 5) is 14.6. The molecule has 0 bridgehead atoms. The molecule has 0 aliphatic carbocycles. The third-order valence-electron chi connectivity index (χ3n) is 5.96. The Morgan fingerprint density at radius 1 is 1.00 bits per heavy atom. The molecule has 2 aromatic carbocycles. The van der Waals surface area contributed by atoms with Gasteiger partial charge in [-0.05, 0) is 42.5 Å². The topological polar surface area (TPSA) is 95.5 Å². The molecule has 1 aromatic heterocycles. The van der Waals surface area contributed by atoms with Crippen LogP contribution in [0.15, 0.2) is 58.3 Å². The number of benzene rings is 2. The summed E-state index contributed by atoms with van der Waals surface area (Å²) < 4.78 is 49.7. The monoisotopic (exact) mass is 501 g/mol. The molecule has 0 radical (unpaired) electrons. The van der Waals surface area contributed by atoms with E-state index < -0.39 is 20.6 Å². The Hall–Kier alpha value is -3.05. The standard InChI is InChI=1S/C23H24FN5O3S2/c1-34(31,32)19-7-5-18(6-8-19)28-10-12-29(13-11-28)23-26-20-9-14-33(30)21(20)22(27-23)25-17-4-2-3-16(24)15-17/h2-8,15H,9-14H2,1H3,(H,25,26,27). The Balaban J connectivity index is 1.35. The lowest BCUT2D eigenvalue weighted by Crippen LogP contribution is -2.47. The lowest BCUT2D eigenvalue weighted by atomic mass is 10.2. The van der Waals surface area contributed by atoms with Gasteiger partial charge in [0.25, 0.3) is 0 Å². The number of halogens is 1. The third kappa shape index (κ3) is 4.62. The molecule has 5 rings (SSSR count). The summed E-state index contributed by atoms with van der Waals surface area (Å²) in [6.07, 6.45) is 1.81. The van der Waals surface area contributed by atoms with E-state index in [0.717, 1.165) is 24.5 Å². The molecule has 1 fully saturated rings. The maximum Gasteiger partial charge on any atom is 0.227 e. The Morgan fingerprint density at radius 2 is 1.71 bits per heavy atom. The van der Waals surface area contributed by atoms with Gasteiger partial charge < -0.3 is 15.1 Å². The van der Waals surface area contributed by atoms with Crippen LogP contribution in [-0.2, 0) is 27.1 Å². The zero-order chi connectivity index (χ0) is 23.9. The molecule has 0 amide bonds. The summed E-state index contributed by atoms with van der Waals surface area (Å²) in [6, 6.07) is 13.0. The molecule has 1 unspecified atom stereocenters. The summed E-state index contributed by atoms with van der Waals surface area (Å²) in [5, 5.41) is 3.14. The largest absolute Gasteiger partial charge is 0.368 e. The van der Waals surface area contributed by atoms with Crippen molar-refractivity contribution in [3.8, 4) is 0 Å². The van der Waals surface area contributed by atoms with Crippen molar-refractivity contribution in [3.05, 3.63) is 60.0 Å². The first-order valence-corrected chi connectivity index (χ1v) is 14.1. The average molecular weight is 502 g/mol. The average Bonchev–Trinajstić information content (AvgIpc) is 3.20. The van der Waals surface area contributed by atoms with Crippen LogP contribution in [0.1, 0.15) is 5.69 Å². The molecular weight excluding hydrogens is 477 g/mol. The molecule has 34 heavy (non-hydrogen) atoms. The van der Waals surface area contributed by atoms with E-state index in [2.05, 4.69) is 20.1 Å². The summed E-state index contributed by atoms with van der Waals surface area (Å²) in [6.45, 7) is 2.79. The second kappa shape index (κ2) is 8.95. The van der Waals surface area contributed by atoms with Crippen molar-refractivity contribution in [2.45, 2.75) is 16.2 Å². The van der Waals surface area contributed by atoms with E-state index >= 15 is 0 Å². The van der Waals surface area contributed by atoms with Crippen LogP contribution in [0, 0.1) is 5.82 Å². The highest BCUT2D eigenvalue weighted by molar-refractivity contribution is 7.90. The maximum atomic E-state index is 13.7. The maximum absolute atomic E-state index is 13.7. The van der Waals surface area contributed by atoms with Crippen LogP contribution in [0.3, 0.4) is 0 Å². The number of nitrogens with zero attached hydrogens (tertiary/aromatic N) is 4. The van der Waals surface area contributed by atoms with Crippen molar-refractivity contribution < 1.29 is 17.0 Å². The molecule has 2 aliphatic rings. The number of aryl methyl sites for hydroxylation is 1. The van der Waals surface area contributed by atoms with Gasteiger partial charge in [0.2, 0.25) is 5.95 Å². The molecule has 1 saturated heterocycles. The number of fused-ring (bicyclic) bond motifs is 1. The lowest BCUT2D eigenvalue weighted by Gasteiger charge is -2.36. The van der Waals surface area contributed by atoms with E-state index in [1.54, 1.807) is 24.3 Å². The predicted octanol–water partition coefficient (Wildman–Crippen LogP) is 2.75. The highest BCUT2D eigenvalue weighted by atomic mass is 32.2. The number of rotatable bonds is 5. The summed E-state index contributed by atoms with van der Waals surface area (Å²) in [5.74, 6) is 1.16. The molecule has 3 heterocycles. The van der Waals surface area contributed by atoms with Crippen molar-refractivity contribution >= 4 is 43.8 Å². The number of hydrogen-bond donors (Lipinski definition) is 1. The molecule has 2 aliphatic heterocycles. The van der Waals surface area contributed by atoms with Crippen molar-refractivity contribution in [3.63, 3.8) is 0 Å². The van der Waals surface area contributed by atoms with E-state index in [4.69, 9.17) is 4.98 Å². The van der Waals surface area contributed by atoms with Gasteiger partial charge in [0.15, 0.2) is 15.7 Å². The fourth-order valence-electron chi connectivity index (χ4n) is 4.18. The number of hydrogen-bond acceptors (Lipinski definition) is 8. The molecule has 178 valence electrons. The zero-order valence-electron chi connectivity index (χ0n) is 18.6. The van der Waals surface area contributed by atoms with Crippen LogP contribution in [0.5, 0.6) is 0 Å². The minimum atomic E-state index is -3.23. The molecule has 11 heteroatoms. The SMILES string of the molecule is CS(=O)(=O)c1ccc(N2CCN(c3nc4c(c(Nc5cccc(F)c5)n3)S(=O)CC4)CC2)cc1. The van der Waals surface area contributed by atoms with Gasteiger partial charge >= 0.3 is 0 Å². The molecular formula is C23H24FN5O3S2. The fourth-order valence-corrected chi connectivity index (χ4v) is 6.12. The Bertz CT molecular complexity index is 1360. The van der Waals surface area contributed by atoms with Crippen molar-refractivity contribution in [2.24, 2.45) is 0 Å². The van der Waals surface area contributed by atoms with Gasteiger partial charge in [-0.3, -0.25) is 4.21 Å². The van der Waals surface area contributed by atoms with Crippen LogP contribution in [0.25, 0.3) is 0 Å². The molecule has 8 nitrogen and oxygen atoms in total. The molecule has 0 spiro atoms. The normalized spacial score (nSPS) is 18.1. The van der Waals surface area contributed by atoms with E-state index in [1.807, 2.05) is 12.1 Å². The predicted molar refractivity (Wildman–Crippen MR) is 131 cm³/mol. The zero-order valence-corrected chi connectivity index (χ0v) is 20.2. The second-order valence-corrected chi connectivity index (χ2v) is 11.8. The smallest absolute Gasteiger partial charge is 0.227 e. The second-order valence-electron chi connectivity index (χ2n) is 8.32. The van der Waals surface area contributed by atoms with Crippen LogP contribution in [-0.4, -0.2) is 60.8 Å². The van der Waals surface area contributed by atoms with Crippen molar-refractivity contribution in [1.29, 1.82) is 0 Å².